The van der Waals surface area contributed by atoms with Gasteiger partial charge in [0.25, 0.3) is 0 Å². The van der Waals surface area contributed by atoms with Gasteiger partial charge in [-0.15, -0.1) is 10.2 Å². The molecule has 3 rings (SSSR count). The highest BCUT2D eigenvalue weighted by atomic mass is 79.9. The van der Waals surface area contributed by atoms with Crippen LogP contribution in [0.2, 0.25) is 0 Å². The molecule has 1 atom stereocenters. The average molecular weight is 493 g/mol. The van der Waals surface area contributed by atoms with Crippen molar-refractivity contribution in [2.24, 2.45) is 5.92 Å². The Morgan fingerprint density at radius 3 is 2.65 bits per heavy atom. The molecule has 0 saturated carbocycles. The van der Waals surface area contributed by atoms with E-state index in [1.165, 1.54) is 0 Å². The van der Waals surface area contributed by atoms with E-state index in [1.807, 2.05) is 63.8 Å². The monoisotopic (exact) mass is 492 g/mol. The first-order valence-corrected chi connectivity index (χ1v) is 11.7. The van der Waals surface area contributed by atoms with E-state index < -0.39 is 5.60 Å². The van der Waals surface area contributed by atoms with Gasteiger partial charge < -0.3 is 14.1 Å². The first-order valence-electron chi connectivity index (χ1n) is 10.9. The Balaban J connectivity index is 1.59. The number of aromatic nitrogens is 2. The molecule has 0 bridgehead atoms. The predicted molar refractivity (Wildman–Crippen MR) is 124 cm³/mol. The molecule has 2 aromatic rings. The van der Waals surface area contributed by atoms with Gasteiger partial charge in [-0.25, -0.2) is 4.79 Å². The van der Waals surface area contributed by atoms with Crippen molar-refractivity contribution < 1.29 is 13.9 Å². The van der Waals surface area contributed by atoms with Crippen LogP contribution in [0, 0.1) is 5.92 Å². The molecule has 1 aliphatic rings. The van der Waals surface area contributed by atoms with Crippen LogP contribution < -0.4 is 0 Å². The molecule has 0 N–H and O–H groups in total. The van der Waals surface area contributed by atoms with Crippen molar-refractivity contribution in [1.29, 1.82) is 0 Å². The molecule has 1 fully saturated rings. The highest BCUT2D eigenvalue weighted by Gasteiger charge is 2.29. The third kappa shape index (κ3) is 7.04. The molecule has 2 heterocycles. The number of rotatable bonds is 6. The van der Waals surface area contributed by atoms with Crippen LogP contribution in [0.4, 0.5) is 4.79 Å². The minimum atomic E-state index is -0.493. The molecule has 1 aliphatic heterocycles. The summed E-state index contributed by atoms with van der Waals surface area (Å²) in [4.78, 5) is 16.8. The fourth-order valence-corrected chi connectivity index (χ4v) is 4.02. The summed E-state index contributed by atoms with van der Waals surface area (Å²) in [6.45, 7) is 13.0. The lowest BCUT2D eigenvalue weighted by molar-refractivity contribution is 0.0115. The molecule has 0 aliphatic carbocycles. The van der Waals surface area contributed by atoms with E-state index in [4.69, 9.17) is 9.15 Å². The van der Waals surface area contributed by atoms with E-state index >= 15 is 0 Å². The standard InChI is InChI=1S/C23H33BrN4O3/c1-16(2)28(22(29)31-23(3,4)5)14-17-7-6-12-27(13-17)15-20-25-26-21(30-20)18-8-10-19(24)11-9-18/h8-11,16-17H,6-7,12-15H2,1-5H3. The molecule has 1 amide bonds. The molecule has 1 unspecified atom stereocenters. The fourth-order valence-electron chi connectivity index (χ4n) is 3.76. The molecule has 8 heteroatoms. The summed E-state index contributed by atoms with van der Waals surface area (Å²) in [5.41, 5.74) is 0.413. The van der Waals surface area contributed by atoms with Gasteiger partial charge in [-0.3, -0.25) is 4.90 Å². The highest BCUT2D eigenvalue weighted by Crippen LogP contribution is 2.24. The van der Waals surface area contributed by atoms with Crippen LogP contribution in [0.25, 0.3) is 11.5 Å². The van der Waals surface area contributed by atoms with E-state index in [9.17, 15) is 4.79 Å². The Morgan fingerprint density at radius 2 is 2.00 bits per heavy atom. The summed E-state index contributed by atoms with van der Waals surface area (Å²) in [5, 5.41) is 8.44. The van der Waals surface area contributed by atoms with Gasteiger partial charge in [-0.2, -0.15) is 0 Å². The van der Waals surface area contributed by atoms with Crippen LogP contribution >= 0.6 is 15.9 Å². The Bertz CT molecular complexity index is 860. The van der Waals surface area contributed by atoms with Crippen molar-refractivity contribution in [2.75, 3.05) is 19.6 Å². The molecule has 7 nitrogen and oxygen atoms in total. The van der Waals surface area contributed by atoms with Crippen molar-refractivity contribution in [3.8, 4) is 11.5 Å². The van der Waals surface area contributed by atoms with E-state index in [-0.39, 0.29) is 12.1 Å². The van der Waals surface area contributed by atoms with Gasteiger partial charge in [0.15, 0.2) is 0 Å². The molecule has 1 saturated heterocycles. The highest BCUT2D eigenvalue weighted by molar-refractivity contribution is 9.10. The number of hydrogen-bond donors (Lipinski definition) is 0. The zero-order chi connectivity index (χ0) is 22.6. The summed E-state index contributed by atoms with van der Waals surface area (Å²) in [6, 6.07) is 7.92. The smallest absolute Gasteiger partial charge is 0.410 e. The van der Waals surface area contributed by atoms with Gasteiger partial charge in [0.05, 0.1) is 6.54 Å². The van der Waals surface area contributed by atoms with E-state index in [2.05, 4.69) is 31.0 Å². The lowest BCUT2D eigenvalue weighted by atomic mass is 9.97. The van der Waals surface area contributed by atoms with Crippen LogP contribution in [0.5, 0.6) is 0 Å². The second kappa shape index (κ2) is 10.1. The van der Waals surface area contributed by atoms with Crippen LogP contribution in [0.15, 0.2) is 33.2 Å². The third-order valence-corrected chi connectivity index (χ3v) is 5.75. The Morgan fingerprint density at radius 1 is 1.29 bits per heavy atom. The minimum Gasteiger partial charge on any atom is -0.444 e. The second-order valence-corrected chi connectivity index (χ2v) is 10.4. The Labute approximate surface area is 193 Å². The van der Waals surface area contributed by atoms with Crippen LogP contribution in [0.3, 0.4) is 0 Å². The zero-order valence-electron chi connectivity index (χ0n) is 19.1. The predicted octanol–water partition coefficient (Wildman–Crippen LogP) is 5.36. The Hall–Kier alpha value is -1.93. The molecule has 170 valence electrons. The van der Waals surface area contributed by atoms with Crippen LogP contribution in [-0.4, -0.2) is 57.4 Å². The molecule has 0 radical (unpaired) electrons. The third-order valence-electron chi connectivity index (χ3n) is 5.23. The van der Waals surface area contributed by atoms with Crippen molar-refractivity contribution in [1.82, 2.24) is 20.0 Å². The molecular formula is C23H33BrN4O3. The lowest BCUT2D eigenvalue weighted by Crippen LogP contribution is -2.46. The molecule has 1 aromatic carbocycles. The number of nitrogens with zero attached hydrogens (tertiary/aromatic N) is 4. The zero-order valence-corrected chi connectivity index (χ0v) is 20.7. The normalized spacial score (nSPS) is 17.7. The van der Waals surface area contributed by atoms with Crippen LogP contribution in [-0.2, 0) is 11.3 Å². The quantitative estimate of drug-likeness (QED) is 0.540. The second-order valence-electron chi connectivity index (χ2n) is 9.48. The maximum atomic E-state index is 12.7. The van der Waals surface area contributed by atoms with Gasteiger partial charge in [-0.05, 0) is 84.2 Å². The summed E-state index contributed by atoms with van der Waals surface area (Å²) in [6.07, 6.45) is 1.94. The maximum absolute atomic E-state index is 12.7. The number of carbonyl (C=O) groups is 1. The number of likely N-dealkylation sites (tertiary alicyclic amines) is 1. The fraction of sp³-hybridized carbons (Fsp3) is 0.609. The van der Waals surface area contributed by atoms with Crippen LogP contribution in [0.1, 0.15) is 53.4 Å². The summed E-state index contributed by atoms with van der Waals surface area (Å²) in [5.74, 6) is 1.54. The van der Waals surface area contributed by atoms with Gasteiger partial charge in [0.1, 0.15) is 5.60 Å². The first-order chi connectivity index (χ1) is 14.6. The number of halogens is 1. The number of ether oxygens (including phenoxy) is 1. The number of hydrogen-bond acceptors (Lipinski definition) is 6. The summed E-state index contributed by atoms with van der Waals surface area (Å²) in [7, 11) is 0. The first kappa shape index (κ1) is 23.7. The maximum Gasteiger partial charge on any atom is 0.410 e. The lowest BCUT2D eigenvalue weighted by Gasteiger charge is -2.37. The van der Waals surface area contributed by atoms with Crippen molar-refractivity contribution >= 4 is 22.0 Å². The topological polar surface area (TPSA) is 71.7 Å². The van der Waals surface area contributed by atoms with Gasteiger partial charge in [0.2, 0.25) is 11.8 Å². The Kier molecular flexibility index (Phi) is 7.75. The minimum absolute atomic E-state index is 0.0923. The van der Waals surface area contributed by atoms with Gasteiger partial charge in [-0.1, -0.05) is 15.9 Å². The number of piperidine rings is 1. The van der Waals surface area contributed by atoms with Crippen molar-refractivity contribution in [3.05, 3.63) is 34.6 Å². The number of amides is 1. The molecule has 31 heavy (non-hydrogen) atoms. The van der Waals surface area contributed by atoms with E-state index in [0.717, 1.165) is 36.0 Å². The SMILES string of the molecule is CC(C)N(CC1CCCN(Cc2nnc(-c3ccc(Br)cc3)o2)C1)C(=O)OC(C)(C)C. The largest absolute Gasteiger partial charge is 0.444 e. The number of benzene rings is 1. The summed E-state index contributed by atoms with van der Waals surface area (Å²) < 4.78 is 12.5. The molecule has 0 spiro atoms. The summed E-state index contributed by atoms with van der Waals surface area (Å²) >= 11 is 3.44. The van der Waals surface area contributed by atoms with Gasteiger partial charge in [0, 0.05) is 29.2 Å². The average Bonchev–Trinajstić information content (AvgIpc) is 3.13. The van der Waals surface area contributed by atoms with E-state index in [1.54, 1.807) is 0 Å². The molecular weight excluding hydrogens is 460 g/mol. The number of carbonyl (C=O) groups excluding carboxylic acids is 1. The van der Waals surface area contributed by atoms with Crippen molar-refractivity contribution in [2.45, 2.75) is 65.6 Å². The van der Waals surface area contributed by atoms with Gasteiger partial charge >= 0.3 is 6.09 Å². The van der Waals surface area contributed by atoms with E-state index in [0.29, 0.717) is 30.8 Å². The van der Waals surface area contributed by atoms with Crippen molar-refractivity contribution in [3.63, 3.8) is 0 Å². The molecule has 1 aromatic heterocycles.